The van der Waals surface area contributed by atoms with E-state index >= 15 is 0 Å². The van der Waals surface area contributed by atoms with E-state index < -0.39 is 10.0 Å². The summed E-state index contributed by atoms with van der Waals surface area (Å²) >= 11 is 1.17. The van der Waals surface area contributed by atoms with Crippen LogP contribution in [0.5, 0.6) is 5.75 Å². The molecule has 4 rings (SSSR count). The van der Waals surface area contributed by atoms with Crippen LogP contribution in [0.1, 0.15) is 17.0 Å². The Balaban J connectivity index is 1.78. The molecule has 4 aromatic rings. The molecule has 0 aliphatic heterocycles. The van der Waals surface area contributed by atoms with Gasteiger partial charge in [0.05, 0.1) is 19.3 Å². The number of anilines is 1. The normalized spacial score (nSPS) is 11.5. The summed E-state index contributed by atoms with van der Waals surface area (Å²) in [5.41, 5.74) is 2.96. The van der Waals surface area contributed by atoms with E-state index in [0.717, 1.165) is 11.1 Å². The highest BCUT2D eigenvalue weighted by atomic mass is 32.2. The highest BCUT2D eigenvalue weighted by Crippen LogP contribution is 2.35. The molecule has 6 nitrogen and oxygen atoms in total. The molecule has 0 saturated heterocycles. The number of thiophene rings is 1. The third kappa shape index (κ3) is 4.22. The number of aryl methyl sites for hydroxylation is 2. The number of hydrogen-bond acceptors (Lipinski definition) is 6. The summed E-state index contributed by atoms with van der Waals surface area (Å²) < 4.78 is 39.9. The smallest absolute Gasteiger partial charge is 0.274 e. The molecular weight excluding hydrogens is 432 g/mol. The Labute approximate surface area is 185 Å². The molecule has 0 bridgehead atoms. The van der Waals surface area contributed by atoms with E-state index in [-0.39, 0.29) is 10.8 Å². The van der Waals surface area contributed by atoms with Gasteiger partial charge in [0.15, 0.2) is 0 Å². The van der Waals surface area contributed by atoms with Crippen LogP contribution in [0.2, 0.25) is 0 Å². The quantitative estimate of drug-likeness (QED) is 0.373. The third-order valence-electron chi connectivity index (χ3n) is 4.88. The Bertz CT molecular complexity index is 1280. The van der Waals surface area contributed by atoms with Crippen LogP contribution in [0.3, 0.4) is 0 Å². The molecule has 2 heterocycles. The molecule has 0 unspecified atom stereocenters. The van der Waals surface area contributed by atoms with Crippen molar-refractivity contribution in [3.8, 4) is 17.2 Å². The number of oxazole rings is 1. The van der Waals surface area contributed by atoms with Crippen LogP contribution in [0.25, 0.3) is 11.5 Å². The number of hydrogen-bond donors (Lipinski definition) is 0. The van der Waals surface area contributed by atoms with Gasteiger partial charge in [0.2, 0.25) is 5.89 Å². The fraction of sp³-hybridized carbons (Fsp3) is 0.174. The van der Waals surface area contributed by atoms with Crippen LogP contribution < -0.4 is 9.04 Å². The number of para-hydroxylation sites is 2. The first kappa shape index (κ1) is 21.1. The largest absolute Gasteiger partial charge is 0.495 e. The van der Waals surface area contributed by atoms with Gasteiger partial charge in [0, 0.05) is 5.56 Å². The third-order valence-corrected chi connectivity index (χ3v) is 8.01. The van der Waals surface area contributed by atoms with Crippen molar-refractivity contribution < 1.29 is 17.6 Å². The van der Waals surface area contributed by atoms with E-state index in [1.165, 1.54) is 22.8 Å². The molecule has 31 heavy (non-hydrogen) atoms. The van der Waals surface area contributed by atoms with E-state index in [4.69, 9.17) is 9.15 Å². The number of nitrogens with zero attached hydrogens (tertiary/aromatic N) is 2. The lowest BCUT2D eigenvalue weighted by Gasteiger charge is -2.24. The molecule has 0 spiro atoms. The van der Waals surface area contributed by atoms with Gasteiger partial charge in [0.25, 0.3) is 10.0 Å². The average Bonchev–Trinajstić information content (AvgIpc) is 3.43. The molecular formula is C23H22N2O4S2. The molecule has 160 valence electrons. The summed E-state index contributed by atoms with van der Waals surface area (Å²) in [7, 11) is -2.31. The number of benzene rings is 2. The molecule has 0 radical (unpaired) electrons. The van der Waals surface area contributed by atoms with Crippen molar-refractivity contribution in [3.05, 3.63) is 83.1 Å². The summed E-state index contributed by atoms with van der Waals surface area (Å²) in [4.78, 5) is 4.62. The van der Waals surface area contributed by atoms with Gasteiger partial charge in [0.1, 0.15) is 21.4 Å². The first-order valence-corrected chi connectivity index (χ1v) is 11.9. The van der Waals surface area contributed by atoms with Crippen LogP contribution >= 0.6 is 11.3 Å². The molecule has 0 atom stereocenters. The molecule has 8 heteroatoms. The molecule has 0 amide bonds. The highest BCUT2D eigenvalue weighted by molar-refractivity contribution is 7.94. The maximum atomic E-state index is 13.5. The Kier molecular flexibility index (Phi) is 5.84. The van der Waals surface area contributed by atoms with Gasteiger partial charge in [-0.1, -0.05) is 35.9 Å². The minimum absolute atomic E-state index is 0.0157. The molecule has 0 aliphatic rings. The van der Waals surface area contributed by atoms with Gasteiger partial charge in [-0.05, 0) is 49.6 Å². The predicted octanol–water partition coefficient (Wildman–Crippen LogP) is 5.42. The van der Waals surface area contributed by atoms with Crippen molar-refractivity contribution in [2.75, 3.05) is 11.4 Å². The van der Waals surface area contributed by atoms with Crippen molar-refractivity contribution in [1.82, 2.24) is 4.98 Å². The lowest BCUT2D eigenvalue weighted by atomic mass is 10.1. The zero-order valence-corrected chi connectivity index (χ0v) is 19.0. The second-order valence-electron chi connectivity index (χ2n) is 7.00. The van der Waals surface area contributed by atoms with Crippen molar-refractivity contribution in [2.45, 2.75) is 24.6 Å². The summed E-state index contributed by atoms with van der Waals surface area (Å²) in [6.07, 6.45) is 0. The number of aromatic nitrogens is 1. The van der Waals surface area contributed by atoms with E-state index in [1.807, 2.05) is 31.2 Å². The van der Waals surface area contributed by atoms with Crippen LogP contribution in [0.4, 0.5) is 5.69 Å². The zero-order valence-electron chi connectivity index (χ0n) is 17.4. The topological polar surface area (TPSA) is 72.6 Å². The van der Waals surface area contributed by atoms with Crippen LogP contribution in [0, 0.1) is 13.8 Å². The van der Waals surface area contributed by atoms with E-state index in [0.29, 0.717) is 28.8 Å². The Hall–Kier alpha value is -3.10. The molecule has 2 aromatic carbocycles. The number of sulfonamides is 1. The fourth-order valence-electron chi connectivity index (χ4n) is 3.18. The van der Waals surface area contributed by atoms with Crippen molar-refractivity contribution in [2.24, 2.45) is 0 Å². The van der Waals surface area contributed by atoms with Crippen LogP contribution in [-0.4, -0.2) is 20.5 Å². The molecule has 0 aliphatic carbocycles. The molecule has 2 aromatic heterocycles. The zero-order chi connectivity index (χ0) is 22.0. The lowest BCUT2D eigenvalue weighted by molar-refractivity contribution is 0.415. The summed E-state index contributed by atoms with van der Waals surface area (Å²) in [6, 6.07) is 18.2. The second-order valence-corrected chi connectivity index (χ2v) is 10.0. The Morgan fingerprint density at radius 3 is 2.45 bits per heavy atom. The van der Waals surface area contributed by atoms with Gasteiger partial charge in [-0.2, -0.15) is 0 Å². The van der Waals surface area contributed by atoms with Gasteiger partial charge in [-0.3, -0.25) is 4.31 Å². The lowest BCUT2D eigenvalue weighted by Crippen LogP contribution is -2.30. The average molecular weight is 455 g/mol. The molecule has 0 saturated carbocycles. The molecule has 0 N–H and O–H groups in total. The minimum Gasteiger partial charge on any atom is -0.495 e. The number of methoxy groups -OCH3 is 1. The Morgan fingerprint density at radius 2 is 1.77 bits per heavy atom. The predicted molar refractivity (Wildman–Crippen MR) is 122 cm³/mol. The SMILES string of the molecule is COc1ccccc1N(Cc1nc(-c2ccc(C)cc2)oc1C)S(=O)(=O)c1cccs1. The number of rotatable bonds is 7. The van der Waals surface area contributed by atoms with Crippen molar-refractivity contribution in [3.63, 3.8) is 0 Å². The Morgan fingerprint density at radius 1 is 1.03 bits per heavy atom. The maximum Gasteiger partial charge on any atom is 0.274 e. The van der Waals surface area contributed by atoms with Crippen LogP contribution in [0.15, 0.2) is 74.7 Å². The minimum atomic E-state index is -3.83. The van der Waals surface area contributed by atoms with Gasteiger partial charge >= 0.3 is 0 Å². The fourth-order valence-corrected chi connectivity index (χ4v) is 5.73. The summed E-state index contributed by atoms with van der Waals surface area (Å²) in [5, 5.41) is 1.74. The number of ether oxygens (including phenoxy) is 1. The first-order valence-electron chi connectivity index (χ1n) is 9.63. The molecule has 0 fully saturated rings. The summed E-state index contributed by atoms with van der Waals surface area (Å²) in [6.45, 7) is 3.82. The van der Waals surface area contributed by atoms with Crippen molar-refractivity contribution >= 4 is 27.0 Å². The van der Waals surface area contributed by atoms with Gasteiger partial charge in [-0.25, -0.2) is 13.4 Å². The van der Waals surface area contributed by atoms with Crippen LogP contribution in [-0.2, 0) is 16.6 Å². The van der Waals surface area contributed by atoms with Gasteiger partial charge in [-0.15, -0.1) is 11.3 Å². The standard InChI is InChI=1S/C23H22N2O4S2/c1-16-10-12-18(13-11-16)23-24-19(17(2)29-23)15-25(20-7-4-5-8-21(20)28-3)31(26,27)22-9-6-14-30-22/h4-14H,15H2,1-3H3. The van der Waals surface area contributed by atoms with Crippen molar-refractivity contribution in [1.29, 1.82) is 0 Å². The van der Waals surface area contributed by atoms with E-state index in [9.17, 15) is 8.42 Å². The van der Waals surface area contributed by atoms with E-state index in [2.05, 4.69) is 4.98 Å². The highest BCUT2D eigenvalue weighted by Gasteiger charge is 2.30. The van der Waals surface area contributed by atoms with Gasteiger partial charge < -0.3 is 9.15 Å². The maximum absolute atomic E-state index is 13.5. The summed E-state index contributed by atoms with van der Waals surface area (Å²) in [5.74, 6) is 1.49. The monoisotopic (exact) mass is 454 g/mol. The second kappa shape index (κ2) is 8.56. The first-order chi connectivity index (χ1) is 14.9. The van der Waals surface area contributed by atoms with E-state index in [1.54, 1.807) is 48.7 Å².